The Bertz CT molecular complexity index is 110. The summed E-state index contributed by atoms with van der Waals surface area (Å²) in [6, 6.07) is 0. The van der Waals surface area contributed by atoms with E-state index in [2.05, 4.69) is 6.92 Å². The van der Waals surface area contributed by atoms with Gasteiger partial charge in [-0.25, -0.2) is 0 Å². The molecule has 0 rings (SSSR count). The van der Waals surface area contributed by atoms with E-state index in [4.69, 9.17) is 4.74 Å². The van der Waals surface area contributed by atoms with Crippen LogP contribution in [0.5, 0.6) is 0 Å². The van der Waals surface area contributed by atoms with E-state index in [0.717, 1.165) is 6.42 Å². The number of carbonyl (C=O) groups is 1. The average molecular weight is 182 g/mol. The Kier molecular flexibility index (Phi) is 14.3. The SMILES string of the molecule is CCCCCCCOC(C)=O.[H-].[Na+]. The van der Waals surface area contributed by atoms with Crippen LogP contribution >= 0.6 is 0 Å². The van der Waals surface area contributed by atoms with E-state index in [1.807, 2.05) is 0 Å². The van der Waals surface area contributed by atoms with Crippen molar-refractivity contribution in [2.75, 3.05) is 6.61 Å². The Hall–Kier alpha value is 0.470. The summed E-state index contributed by atoms with van der Waals surface area (Å²) >= 11 is 0. The molecule has 12 heavy (non-hydrogen) atoms. The van der Waals surface area contributed by atoms with Crippen LogP contribution < -0.4 is 29.6 Å². The first kappa shape index (κ1) is 15.0. The molecule has 0 aliphatic rings. The van der Waals surface area contributed by atoms with Gasteiger partial charge in [0.25, 0.3) is 0 Å². The van der Waals surface area contributed by atoms with Crippen molar-refractivity contribution in [1.29, 1.82) is 0 Å². The average Bonchev–Trinajstić information content (AvgIpc) is 1.96. The van der Waals surface area contributed by atoms with E-state index in [0.29, 0.717) is 6.61 Å². The minimum Gasteiger partial charge on any atom is -1.00 e. The summed E-state index contributed by atoms with van der Waals surface area (Å²) in [6.45, 7) is 4.23. The fourth-order valence-corrected chi connectivity index (χ4v) is 0.922. The molecule has 0 saturated carbocycles. The summed E-state index contributed by atoms with van der Waals surface area (Å²) < 4.78 is 4.78. The van der Waals surface area contributed by atoms with Gasteiger partial charge in [-0.15, -0.1) is 0 Å². The molecule has 0 saturated heterocycles. The zero-order chi connectivity index (χ0) is 8.53. The maximum atomic E-state index is 10.3. The molecule has 0 heterocycles. The first-order chi connectivity index (χ1) is 5.27. The van der Waals surface area contributed by atoms with E-state index >= 15 is 0 Å². The van der Waals surface area contributed by atoms with Crippen LogP contribution in [0.2, 0.25) is 0 Å². The second-order valence-corrected chi connectivity index (χ2v) is 2.75. The molecule has 0 aliphatic heterocycles. The van der Waals surface area contributed by atoms with Gasteiger partial charge in [0.1, 0.15) is 0 Å². The molecule has 0 aliphatic carbocycles. The van der Waals surface area contributed by atoms with Crippen LogP contribution in [0.1, 0.15) is 47.4 Å². The molecule has 0 amide bonds. The first-order valence-electron chi connectivity index (χ1n) is 4.40. The second-order valence-electron chi connectivity index (χ2n) is 2.75. The van der Waals surface area contributed by atoms with Crippen LogP contribution in [-0.2, 0) is 9.53 Å². The summed E-state index contributed by atoms with van der Waals surface area (Å²) in [7, 11) is 0. The van der Waals surface area contributed by atoms with Crippen LogP contribution in [0.15, 0.2) is 0 Å². The molecule has 0 N–H and O–H groups in total. The zero-order valence-corrected chi connectivity index (χ0v) is 10.6. The minimum absolute atomic E-state index is 0. The van der Waals surface area contributed by atoms with E-state index in [1.165, 1.54) is 32.6 Å². The summed E-state index contributed by atoms with van der Waals surface area (Å²) in [5.74, 6) is -0.166. The number of unbranched alkanes of at least 4 members (excludes halogenated alkanes) is 4. The van der Waals surface area contributed by atoms with Crippen molar-refractivity contribution in [2.45, 2.75) is 46.0 Å². The maximum absolute atomic E-state index is 10.3. The van der Waals surface area contributed by atoms with Gasteiger partial charge in [-0.1, -0.05) is 32.6 Å². The van der Waals surface area contributed by atoms with Gasteiger partial charge in [0, 0.05) is 6.92 Å². The Labute approximate surface area is 98.8 Å². The Morgan fingerprint density at radius 3 is 2.33 bits per heavy atom. The third kappa shape index (κ3) is 13.1. The van der Waals surface area contributed by atoms with Crippen LogP contribution in [0.3, 0.4) is 0 Å². The molecule has 0 aromatic rings. The van der Waals surface area contributed by atoms with E-state index in [9.17, 15) is 4.79 Å². The maximum Gasteiger partial charge on any atom is 1.00 e. The van der Waals surface area contributed by atoms with Crippen molar-refractivity contribution < 1.29 is 40.5 Å². The topological polar surface area (TPSA) is 26.3 Å². The van der Waals surface area contributed by atoms with Gasteiger partial charge in [0.2, 0.25) is 0 Å². The van der Waals surface area contributed by atoms with Gasteiger partial charge in [-0.3, -0.25) is 4.79 Å². The Morgan fingerprint density at radius 1 is 1.25 bits per heavy atom. The van der Waals surface area contributed by atoms with Crippen molar-refractivity contribution in [3.8, 4) is 0 Å². The zero-order valence-electron chi connectivity index (χ0n) is 9.56. The van der Waals surface area contributed by atoms with Crippen molar-refractivity contribution in [2.24, 2.45) is 0 Å². The summed E-state index contributed by atoms with van der Waals surface area (Å²) in [5, 5.41) is 0. The number of esters is 1. The molecule has 2 nitrogen and oxygen atoms in total. The minimum atomic E-state index is -0.166. The third-order valence-electron chi connectivity index (χ3n) is 1.55. The van der Waals surface area contributed by atoms with Crippen molar-refractivity contribution >= 4 is 5.97 Å². The molecule has 0 fully saturated rings. The molecule has 0 atom stereocenters. The number of hydrogen-bond donors (Lipinski definition) is 0. The quantitative estimate of drug-likeness (QED) is 0.318. The summed E-state index contributed by atoms with van der Waals surface area (Å²) in [4.78, 5) is 10.3. The van der Waals surface area contributed by atoms with E-state index in [-0.39, 0.29) is 37.0 Å². The van der Waals surface area contributed by atoms with Gasteiger partial charge >= 0.3 is 35.5 Å². The van der Waals surface area contributed by atoms with E-state index in [1.54, 1.807) is 0 Å². The standard InChI is InChI=1S/C9H18O2.Na.H/c1-3-4-5-6-7-8-11-9(2)10;;/h3-8H2,1-2H3;;/q;+1;-1. The fourth-order valence-electron chi connectivity index (χ4n) is 0.922. The normalized spacial score (nSPS) is 8.83. The molecule has 0 aromatic carbocycles. The molecule has 3 heteroatoms. The van der Waals surface area contributed by atoms with Crippen LogP contribution in [0.25, 0.3) is 0 Å². The smallest absolute Gasteiger partial charge is 1.00 e. The Balaban J connectivity index is -0.000000500. The predicted octanol–water partition coefficient (Wildman–Crippen LogP) is -0.364. The molecule has 0 bridgehead atoms. The van der Waals surface area contributed by atoms with Crippen LogP contribution in [0.4, 0.5) is 0 Å². The van der Waals surface area contributed by atoms with Gasteiger partial charge in [-0.05, 0) is 6.42 Å². The molecule has 0 spiro atoms. The van der Waals surface area contributed by atoms with E-state index < -0.39 is 0 Å². The number of rotatable bonds is 6. The largest absolute Gasteiger partial charge is 1.00 e. The van der Waals surface area contributed by atoms with Gasteiger partial charge in [-0.2, -0.15) is 0 Å². The number of carbonyl (C=O) groups excluding carboxylic acids is 1. The number of ether oxygens (including phenoxy) is 1. The summed E-state index contributed by atoms with van der Waals surface area (Å²) in [6.07, 6.45) is 6.01. The molecule has 0 unspecified atom stereocenters. The summed E-state index contributed by atoms with van der Waals surface area (Å²) in [5.41, 5.74) is 0. The second kappa shape index (κ2) is 11.5. The molecule has 0 aromatic heterocycles. The molecular weight excluding hydrogens is 163 g/mol. The van der Waals surface area contributed by atoms with Gasteiger partial charge < -0.3 is 6.16 Å². The van der Waals surface area contributed by atoms with Crippen molar-refractivity contribution in [1.82, 2.24) is 0 Å². The van der Waals surface area contributed by atoms with Crippen molar-refractivity contribution in [3.63, 3.8) is 0 Å². The Morgan fingerprint density at radius 2 is 1.83 bits per heavy atom. The predicted molar refractivity (Wildman–Crippen MR) is 46.5 cm³/mol. The van der Waals surface area contributed by atoms with Gasteiger partial charge in [0.05, 0.1) is 6.61 Å². The van der Waals surface area contributed by atoms with Crippen LogP contribution in [-0.4, -0.2) is 12.6 Å². The molecule has 0 radical (unpaired) electrons. The monoisotopic (exact) mass is 182 g/mol. The molecular formula is C9H19NaO2. The third-order valence-corrected chi connectivity index (χ3v) is 1.55. The van der Waals surface area contributed by atoms with Crippen LogP contribution in [0, 0.1) is 0 Å². The number of hydrogen-bond acceptors (Lipinski definition) is 2. The van der Waals surface area contributed by atoms with Crippen molar-refractivity contribution in [3.05, 3.63) is 0 Å². The first-order valence-corrected chi connectivity index (χ1v) is 4.40. The molecule has 68 valence electrons. The fraction of sp³-hybridized carbons (Fsp3) is 0.889. The van der Waals surface area contributed by atoms with Gasteiger partial charge in [0.15, 0.2) is 0 Å².